The van der Waals surface area contributed by atoms with E-state index in [-0.39, 0.29) is 11.8 Å². The fourth-order valence-electron chi connectivity index (χ4n) is 1.69. The first-order chi connectivity index (χ1) is 12.2. The largest absolute Gasteiger partial charge is 0.379 e. The minimum absolute atomic E-state index is 0.0315. The third kappa shape index (κ3) is 19.6. The number of amides is 2. The molecule has 25 heavy (non-hydrogen) atoms. The van der Waals surface area contributed by atoms with Crippen molar-refractivity contribution in [3.63, 3.8) is 0 Å². The van der Waals surface area contributed by atoms with Gasteiger partial charge in [-0.15, -0.1) is 23.2 Å². The van der Waals surface area contributed by atoms with Crippen LogP contribution in [0.1, 0.15) is 25.7 Å². The van der Waals surface area contributed by atoms with E-state index in [1.165, 1.54) is 0 Å². The van der Waals surface area contributed by atoms with E-state index < -0.39 is 0 Å². The Kier molecular flexibility index (Phi) is 19.2. The Balaban J connectivity index is 3.09. The quantitative estimate of drug-likeness (QED) is 0.267. The van der Waals surface area contributed by atoms with Crippen LogP contribution < -0.4 is 10.6 Å². The average Bonchev–Trinajstić information content (AvgIpc) is 2.58. The van der Waals surface area contributed by atoms with Crippen LogP contribution in [0, 0.1) is 0 Å². The highest BCUT2D eigenvalue weighted by Gasteiger charge is 1.99. The second kappa shape index (κ2) is 19.7. The van der Waals surface area contributed by atoms with Crippen molar-refractivity contribution >= 4 is 35.0 Å². The number of alkyl halides is 2. The van der Waals surface area contributed by atoms with Crippen molar-refractivity contribution in [3.8, 4) is 0 Å². The molecule has 0 saturated heterocycles. The van der Waals surface area contributed by atoms with Gasteiger partial charge in [0.25, 0.3) is 0 Å². The number of halogens is 2. The molecule has 0 aromatic carbocycles. The molecule has 9 heteroatoms. The zero-order valence-corrected chi connectivity index (χ0v) is 16.2. The highest BCUT2D eigenvalue weighted by molar-refractivity contribution is 6.19. The van der Waals surface area contributed by atoms with Crippen LogP contribution in [0.5, 0.6) is 0 Å². The van der Waals surface area contributed by atoms with Crippen LogP contribution in [0.15, 0.2) is 0 Å². The van der Waals surface area contributed by atoms with Crippen molar-refractivity contribution in [1.82, 2.24) is 10.6 Å². The predicted octanol–water partition coefficient (Wildman–Crippen LogP) is 1.31. The maximum atomic E-state index is 11.1. The summed E-state index contributed by atoms with van der Waals surface area (Å²) >= 11 is 10.9. The average molecular weight is 401 g/mol. The second-order valence-electron chi connectivity index (χ2n) is 5.12. The van der Waals surface area contributed by atoms with Crippen molar-refractivity contribution in [1.29, 1.82) is 0 Å². The Morgan fingerprint density at radius 2 is 1.00 bits per heavy atom. The summed E-state index contributed by atoms with van der Waals surface area (Å²) in [7, 11) is 0. The monoisotopic (exact) mass is 400 g/mol. The van der Waals surface area contributed by atoms with Crippen LogP contribution in [0.25, 0.3) is 0 Å². The Labute approximate surface area is 160 Å². The van der Waals surface area contributed by atoms with E-state index >= 15 is 0 Å². The van der Waals surface area contributed by atoms with Gasteiger partial charge in [0.2, 0.25) is 11.8 Å². The standard InChI is InChI=1S/C16H30Cl2N2O5/c17-5-3-15(21)19-7-1-9-23-11-13-25-14-12-24-10-2-8-20-16(22)4-6-18/h1-14H2,(H,19,21)(H,20,22). The number of ether oxygens (including phenoxy) is 3. The van der Waals surface area contributed by atoms with Crippen LogP contribution in [0.3, 0.4) is 0 Å². The topological polar surface area (TPSA) is 85.9 Å². The van der Waals surface area contributed by atoms with Gasteiger partial charge in [0.1, 0.15) is 0 Å². The van der Waals surface area contributed by atoms with Gasteiger partial charge in [-0.1, -0.05) is 0 Å². The zero-order chi connectivity index (χ0) is 18.6. The summed E-state index contributed by atoms with van der Waals surface area (Å²) in [5.74, 6) is 0.621. The number of rotatable bonds is 18. The first kappa shape index (κ1) is 24.4. The maximum Gasteiger partial charge on any atom is 0.221 e. The molecule has 0 aromatic rings. The summed E-state index contributed by atoms with van der Waals surface area (Å²) in [6, 6.07) is 0. The molecular formula is C16H30Cl2N2O5. The molecule has 0 atom stereocenters. The minimum Gasteiger partial charge on any atom is -0.379 e. The highest BCUT2D eigenvalue weighted by atomic mass is 35.5. The Hall–Kier alpha value is -0.600. The van der Waals surface area contributed by atoms with Crippen LogP contribution in [-0.2, 0) is 23.8 Å². The summed E-state index contributed by atoms with van der Waals surface area (Å²) in [5, 5.41) is 5.51. The molecular weight excluding hydrogens is 371 g/mol. The molecule has 0 fully saturated rings. The second-order valence-corrected chi connectivity index (χ2v) is 5.88. The maximum absolute atomic E-state index is 11.1. The van der Waals surface area contributed by atoms with Crippen LogP contribution >= 0.6 is 23.2 Å². The van der Waals surface area contributed by atoms with E-state index in [9.17, 15) is 9.59 Å². The first-order valence-electron chi connectivity index (χ1n) is 8.59. The fraction of sp³-hybridized carbons (Fsp3) is 0.875. The predicted molar refractivity (Wildman–Crippen MR) is 98.4 cm³/mol. The highest BCUT2D eigenvalue weighted by Crippen LogP contribution is 1.88. The fourth-order valence-corrected chi connectivity index (χ4v) is 2.04. The third-order valence-electron chi connectivity index (χ3n) is 2.96. The number of hydrogen-bond acceptors (Lipinski definition) is 5. The molecule has 7 nitrogen and oxygen atoms in total. The molecule has 0 unspecified atom stereocenters. The lowest BCUT2D eigenvalue weighted by atomic mass is 10.4. The van der Waals surface area contributed by atoms with E-state index in [1.54, 1.807) is 0 Å². The van der Waals surface area contributed by atoms with E-state index in [0.717, 1.165) is 12.8 Å². The molecule has 0 spiro atoms. The number of hydrogen-bond donors (Lipinski definition) is 2. The van der Waals surface area contributed by atoms with E-state index in [2.05, 4.69) is 10.6 Å². The molecule has 2 N–H and O–H groups in total. The van der Waals surface area contributed by atoms with Crippen LogP contribution in [0.4, 0.5) is 0 Å². The van der Waals surface area contributed by atoms with Gasteiger partial charge in [0, 0.05) is 50.9 Å². The van der Waals surface area contributed by atoms with Gasteiger partial charge in [-0.25, -0.2) is 0 Å². The molecule has 0 aliphatic heterocycles. The molecule has 0 radical (unpaired) electrons. The molecule has 0 bridgehead atoms. The molecule has 0 rings (SSSR count). The molecule has 148 valence electrons. The summed E-state index contributed by atoms with van der Waals surface area (Å²) in [5.41, 5.74) is 0. The van der Waals surface area contributed by atoms with Crippen molar-refractivity contribution < 1.29 is 23.8 Å². The van der Waals surface area contributed by atoms with Gasteiger partial charge in [-0.3, -0.25) is 9.59 Å². The lowest BCUT2D eigenvalue weighted by Gasteiger charge is -2.08. The van der Waals surface area contributed by atoms with Gasteiger partial charge in [-0.05, 0) is 12.8 Å². The van der Waals surface area contributed by atoms with Crippen molar-refractivity contribution in [2.45, 2.75) is 25.7 Å². The smallest absolute Gasteiger partial charge is 0.221 e. The summed E-state index contributed by atoms with van der Waals surface area (Å²) in [4.78, 5) is 22.3. The normalized spacial score (nSPS) is 10.6. The van der Waals surface area contributed by atoms with E-state index in [0.29, 0.717) is 77.3 Å². The van der Waals surface area contributed by atoms with Gasteiger partial charge >= 0.3 is 0 Å². The van der Waals surface area contributed by atoms with Crippen molar-refractivity contribution in [3.05, 3.63) is 0 Å². The zero-order valence-electron chi connectivity index (χ0n) is 14.7. The van der Waals surface area contributed by atoms with Crippen LogP contribution in [0.2, 0.25) is 0 Å². The molecule has 0 aliphatic rings. The molecule has 0 aromatic heterocycles. The van der Waals surface area contributed by atoms with Gasteiger partial charge in [0.15, 0.2) is 0 Å². The summed E-state index contributed by atoms with van der Waals surface area (Å²) in [6.07, 6.45) is 2.22. The molecule has 0 heterocycles. The van der Waals surface area contributed by atoms with Gasteiger partial charge in [-0.2, -0.15) is 0 Å². The molecule has 0 saturated carbocycles. The Morgan fingerprint density at radius 1 is 0.640 bits per heavy atom. The molecule has 0 aliphatic carbocycles. The minimum atomic E-state index is -0.0315. The lowest BCUT2D eigenvalue weighted by molar-refractivity contribution is -0.121. The molecule has 2 amide bonds. The number of nitrogens with one attached hydrogen (secondary N) is 2. The van der Waals surface area contributed by atoms with Gasteiger partial charge < -0.3 is 24.8 Å². The summed E-state index contributed by atoms with van der Waals surface area (Å²) < 4.78 is 16.1. The summed E-state index contributed by atoms with van der Waals surface area (Å²) in [6.45, 7) is 4.40. The van der Waals surface area contributed by atoms with Crippen molar-refractivity contribution in [2.75, 3.05) is 64.5 Å². The Bertz CT molecular complexity index is 306. The van der Waals surface area contributed by atoms with E-state index in [4.69, 9.17) is 37.4 Å². The third-order valence-corrected chi connectivity index (χ3v) is 3.34. The van der Waals surface area contributed by atoms with Crippen molar-refractivity contribution in [2.24, 2.45) is 0 Å². The SMILES string of the molecule is O=C(CCCl)NCCCOCCOCCOCCCNC(=O)CCCl. The first-order valence-corrected chi connectivity index (χ1v) is 9.66. The number of carbonyl (C=O) groups is 2. The lowest BCUT2D eigenvalue weighted by Crippen LogP contribution is -2.25. The van der Waals surface area contributed by atoms with E-state index in [1.807, 2.05) is 0 Å². The Morgan fingerprint density at radius 3 is 1.36 bits per heavy atom. The number of carbonyl (C=O) groups excluding carboxylic acids is 2. The van der Waals surface area contributed by atoms with Gasteiger partial charge in [0.05, 0.1) is 26.4 Å². The van der Waals surface area contributed by atoms with Crippen LogP contribution in [-0.4, -0.2) is 76.3 Å².